The van der Waals surface area contributed by atoms with Gasteiger partial charge in [-0.15, -0.1) is 0 Å². The molecule has 0 aromatic heterocycles. The number of nitrogens with zero attached hydrogens (tertiary/aromatic N) is 1. The highest BCUT2D eigenvalue weighted by molar-refractivity contribution is 6.30. The SMILES string of the molecule is CC(c1cccc(Cl)c1)N(C)C(=O)c1ccc(CN)cc1. The summed E-state index contributed by atoms with van der Waals surface area (Å²) in [5, 5.41) is 0.674. The molecule has 0 aliphatic heterocycles. The number of halogens is 1. The number of carbonyl (C=O) groups excluding carboxylic acids is 1. The minimum absolute atomic E-state index is 0.0222. The number of hydrogen-bond donors (Lipinski definition) is 1. The second kappa shape index (κ2) is 6.74. The van der Waals surface area contributed by atoms with Gasteiger partial charge < -0.3 is 10.6 Å². The van der Waals surface area contributed by atoms with Crippen LogP contribution in [0.15, 0.2) is 48.5 Å². The molecular formula is C17H19ClN2O. The molecule has 2 N–H and O–H groups in total. The van der Waals surface area contributed by atoms with Gasteiger partial charge in [0.05, 0.1) is 6.04 Å². The first-order valence-corrected chi connectivity index (χ1v) is 7.22. The summed E-state index contributed by atoms with van der Waals surface area (Å²) in [4.78, 5) is 14.2. The second-order valence-corrected chi connectivity index (χ2v) is 5.48. The molecule has 0 radical (unpaired) electrons. The van der Waals surface area contributed by atoms with Gasteiger partial charge >= 0.3 is 0 Å². The van der Waals surface area contributed by atoms with Gasteiger partial charge in [-0.05, 0) is 42.3 Å². The monoisotopic (exact) mass is 302 g/mol. The Morgan fingerprint density at radius 2 is 1.90 bits per heavy atom. The summed E-state index contributed by atoms with van der Waals surface area (Å²) in [6, 6.07) is 14.9. The smallest absolute Gasteiger partial charge is 0.254 e. The number of amides is 1. The van der Waals surface area contributed by atoms with Crippen LogP contribution in [-0.2, 0) is 6.54 Å². The highest BCUT2D eigenvalue weighted by atomic mass is 35.5. The molecule has 0 aliphatic carbocycles. The molecule has 1 amide bonds. The largest absolute Gasteiger partial charge is 0.335 e. The Hall–Kier alpha value is -1.84. The molecule has 3 nitrogen and oxygen atoms in total. The topological polar surface area (TPSA) is 46.3 Å². The van der Waals surface area contributed by atoms with Crippen LogP contribution in [0.4, 0.5) is 0 Å². The third-order valence-electron chi connectivity index (χ3n) is 3.67. The van der Waals surface area contributed by atoms with Gasteiger partial charge in [-0.3, -0.25) is 4.79 Å². The molecule has 2 rings (SSSR count). The number of carbonyl (C=O) groups is 1. The second-order valence-electron chi connectivity index (χ2n) is 5.05. The van der Waals surface area contributed by atoms with Crippen LogP contribution in [0.1, 0.15) is 34.5 Å². The van der Waals surface area contributed by atoms with Crippen molar-refractivity contribution in [1.29, 1.82) is 0 Å². The maximum absolute atomic E-state index is 12.5. The first kappa shape index (κ1) is 15.5. The number of benzene rings is 2. The maximum atomic E-state index is 12.5. The molecular weight excluding hydrogens is 284 g/mol. The van der Waals surface area contributed by atoms with E-state index in [1.54, 1.807) is 11.9 Å². The molecule has 0 heterocycles. The van der Waals surface area contributed by atoms with Crippen LogP contribution < -0.4 is 5.73 Å². The predicted molar refractivity (Wildman–Crippen MR) is 86.3 cm³/mol. The van der Waals surface area contributed by atoms with Crippen LogP contribution in [0.25, 0.3) is 0 Å². The van der Waals surface area contributed by atoms with Gasteiger partial charge in [-0.2, -0.15) is 0 Å². The Bertz CT molecular complexity index is 625. The Balaban J connectivity index is 2.17. The zero-order valence-electron chi connectivity index (χ0n) is 12.2. The van der Waals surface area contributed by atoms with Crippen LogP contribution >= 0.6 is 11.6 Å². The third kappa shape index (κ3) is 3.63. The van der Waals surface area contributed by atoms with Crippen LogP contribution in [0.5, 0.6) is 0 Å². The summed E-state index contributed by atoms with van der Waals surface area (Å²) in [7, 11) is 1.80. The van der Waals surface area contributed by atoms with E-state index < -0.39 is 0 Å². The van der Waals surface area contributed by atoms with Gasteiger partial charge in [0.15, 0.2) is 0 Å². The van der Waals surface area contributed by atoms with Gasteiger partial charge in [0, 0.05) is 24.2 Å². The van der Waals surface area contributed by atoms with Gasteiger partial charge in [-0.1, -0.05) is 35.9 Å². The van der Waals surface area contributed by atoms with Crippen molar-refractivity contribution in [3.8, 4) is 0 Å². The highest BCUT2D eigenvalue weighted by Gasteiger charge is 2.18. The van der Waals surface area contributed by atoms with E-state index in [-0.39, 0.29) is 11.9 Å². The van der Waals surface area contributed by atoms with Crippen LogP contribution in [0.2, 0.25) is 5.02 Å². The molecule has 4 heteroatoms. The van der Waals surface area contributed by atoms with E-state index in [4.69, 9.17) is 17.3 Å². The maximum Gasteiger partial charge on any atom is 0.254 e. The normalized spacial score (nSPS) is 12.0. The summed E-state index contributed by atoms with van der Waals surface area (Å²) >= 11 is 6.01. The molecule has 0 spiro atoms. The van der Waals surface area contributed by atoms with Crippen molar-refractivity contribution >= 4 is 17.5 Å². The summed E-state index contributed by atoms with van der Waals surface area (Å²) in [5.74, 6) is -0.0222. The predicted octanol–water partition coefficient (Wildman–Crippen LogP) is 3.63. The van der Waals surface area contributed by atoms with Crippen molar-refractivity contribution in [2.75, 3.05) is 7.05 Å². The summed E-state index contributed by atoms with van der Waals surface area (Å²) in [5.41, 5.74) is 8.24. The van der Waals surface area contributed by atoms with E-state index in [0.717, 1.165) is 11.1 Å². The first-order valence-electron chi connectivity index (χ1n) is 6.84. The standard InChI is InChI=1S/C17H19ClN2O/c1-12(15-4-3-5-16(18)10-15)20(2)17(21)14-8-6-13(11-19)7-9-14/h3-10,12H,11,19H2,1-2H3. The van der Waals surface area contributed by atoms with Gasteiger partial charge in [0.2, 0.25) is 0 Å². The average molecular weight is 303 g/mol. The molecule has 1 atom stereocenters. The Morgan fingerprint density at radius 1 is 1.24 bits per heavy atom. The lowest BCUT2D eigenvalue weighted by atomic mass is 10.1. The average Bonchev–Trinajstić information content (AvgIpc) is 2.53. The van der Waals surface area contributed by atoms with Crippen LogP contribution in [0.3, 0.4) is 0 Å². The van der Waals surface area contributed by atoms with E-state index in [9.17, 15) is 4.79 Å². The third-order valence-corrected chi connectivity index (χ3v) is 3.90. The minimum Gasteiger partial charge on any atom is -0.335 e. The molecule has 0 aliphatic rings. The molecule has 2 aromatic carbocycles. The van der Waals surface area contributed by atoms with Gasteiger partial charge in [-0.25, -0.2) is 0 Å². The Kier molecular flexibility index (Phi) is 4.99. The van der Waals surface area contributed by atoms with Gasteiger partial charge in [0.1, 0.15) is 0 Å². The summed E-state index contributed by atoms with van der Waals surface area (Å²) in [6.07, 6.45) is 0. The zero-order chi connectivity index (χ0) is 15.4. The fraction of sp³-hybridized carbons (Fsp3) is 0.235. The van der Waals surface area contributed by atoms with Crippen LogP contribution in [-0.4, -0.2) is 17.9 Å². The molecule has 2 aromatic rings. The first-order chi connectivity index (χ1) is 10.0. The highest BCUT2D eigenvalue weighted by Crippen LogP contribution is 2.23. The van der Waals surface area contributed by atoms with E-state index in [1.807, 2.05) is 55.5 Å². The minimum atomic E-state index is -0.0506. The fourth-order valence-corrected chi connectivity index (χ4v) is 2.35. The lowest BCUT2D eigenvalue weighted by Crippen LogP contribution is -2.29. The molecule has 0 fully saturated rings. The molecule has 0 saturated heterocycles. The summed E-state index contributed by atoms with van der Waals surface area (Å²) < 4.78 is 0. The van der Waals surface area contributed by atoms with E-state index in [2.05, 4.69) is 0 Å². The van der Waals surface area contributed by atoms with E-state index in [0.29, 0.717) is 17.1 Å². The van der Waals surface area contributed by atoms with Crippen LogP contribution in [0, 0.1) is 0 Å². The van der Waals surface area contributed by atoms with Crippen molar-refractivity contribution < 1.29 is 4.79 Å². The zero-order valence-corrected chi connectivity index (χ0v) is 13.0. The molecule has 1 unspecified atom stereocenters. The molecule has 21 heavy (non-hydrogen) atoms. The van der Waals surface area contributed by atoms with Crippen molar-refractivity contribution in [3.05, 3.63) is 70.2 Å². The molecule has 110 valence electrons. The van der Waals surface area contributed by atoms with Crippen molar-refractivity contribution in [2.45, 2.75) is 19.5 Å². The van der Waals surface area contributed by atoms with E-state index in [1.165, 1.54) is 0 Å². The fourth-order valence-electron chi connectivity index (χ4n) is 2.15. The number of nitrogens with two attached hydrogens (primary N) is 1. The van der Waals surface area contributed by atoms with Crippen molar-refractivity contribution in [3.63, 3.8) is 0 Å². The Labute approximate surface area is 130 Å². The van der Waals surface area contributed by atoms with Crippen molar-refractivity contribution in [1.82, 2.24) is 4.90 Å². The lowest BCUT2D eigenvalue weighted by molar-refractivity contribution is 0.0742. The quantitative estimate of drug-likeness (QED) is 0.937. The Morgan fingerprint density at radius 3 is 2.48 bits per heavy atom. The molecule has 0 bridgehead atoms. The van der Waals surface area contributed by atoms with Gasteiger partial charge in [0.25, 0.3) is 5.91 Å². The van der Waals surface area contributed by atoms with E-state index >= 15 is 0 Å². The van der Waals surface area contributed by atoms with Crippen molar-refractivity contribution in [2.24, 2.45) is 5.73 Å². The number of rotatable bonds is 4. The number of hydrogen-bond acceptors (Lipinski definition) is 2. The summed E-state index contributed by atoms with van der Waals surface area (Å²) in [6.45, 7) is 2.46. The molecule has 0 saturated carbocycles. The lowest BCUT2D eigenvalue weighted by Gasteiger charge is -2.25.